The highest BCUT2D eigenvalue weighted by Gasteiger charge is 2.14. The quantitative estimate of drug-likeness (QED) is 0.284. The van der Waals surface area contributed by atoms with Crippen LogP contribution < -0.4 is 20.1 Å². The molecule has 1 amide bonds. The van der Waals surface area contributed by atoms with E-state index in [1.165, 1.54) is 7.11 Å². The summed E-state index contributed by atoms with van der Waals surface area (Å²) in [5.74, 6) is 1.20. The number of rotatable bonds is 7. The molecule has 0 aliphatic rings. The number of methoxy groups -OCH3 is 2. The Labute approximate surface area is 216 Å². The number of hydrogen-bond donors (Lipinski definition) is 3. The third kappa shape index (κ3) is 4.32. The second-order valence-corrected chi connectivity index (χ2v) is 8.38. The molecule has 0 spiro atoms. The number of amides is 1. The van der Waals surface area contributed by atoms with Gasteiger partial charge in [0.15, 0.2) is 11.4 Å². The molecule has 2 aromatic carbocycles. The fourth-order valence-corrected chi connectivity index (χ4v) is 4.13. The summed E-state index contributed by atoms with van der Waals surface area (Å²) >= 11 is 0. The molecule has 188 valence electrons. The number of anilines is 3. The van der Waals surface area contributed by atoms with Gasteiger partial charge in [0.2, 0.25) is 0 Å². The molecule has 0 aliphatic heterocycles. The Balaban J connectivity index is 1.31. The lowest BCUT2D eigenvalue weighted by Gasteiger charge is -2.12. The van der Waals surface area contributed by atoms with Crippen LogP contribution in [-0.4, -0.2) is 49.9 Å². The molecule has 38 heavy (non-hydrogen) atoms. The number of fused-ring (bicyclic) bond motifs is 2. The van der Waals surface area contributed by atoms with Crippen LogP contribution in [0.3, 0.4) is 0 Å². The van der Waals surface area contributed by atoms with Crippen LogP contribution in [0.4, 0.5) is 17.2 Å². The SMILES string of the molecule is COc1ccc(Nc2cc(-c3cccc(C(=O)Nc4ccc5[nH]ncc5c4)c3)nn3ccnc23)nc1OC. The maximum absolute atomic E-state index is 13.1. The van der Waals surface area contributed by atoms with E-state index in [0.29, 0.717) is 45.7 Å². The fraction of sp³-hybridized carbons (Fsp3) is 0.0741. The largest absolute Gasteiger partial charge is 0.491 e. The summed E-state index contributed by atoms with van der Waals surface area (Å²) in [5, 5.41) is 18.8. The van der Waals surface area contributed by atoms with E-state index in [4.69, 9.17) is 9.47 Å². The van der Waals surface area contributed by atoms with Crippen molar-refractivity contribution in [2.75, 3.05) is 24.9 Å². The first-order valence-electron chi connectivity index (χ1n) is 11.7. The van der Waals surface area contributed by atoms with E-state index in [-0.39, 0.29) is 5.91 Å². The van der Waals surface area contributed by atoms with Crippen molar-refractivity contribution in [1.82, 2.24) is 29.8 Å². The zero-order valence-electron chi connectivity index (χ0n) is 20.5. The minimum atomic E-state index is -0.230. The van der Waals surface area contributed by atoms with Crippen LogP contribution in [0.1, 0.15) is 10.4 Å². The van der Waals surface area contributed by atoms with Crippen LogP contribution in [0.15, 0.2) is 79.3 Å². The molecule has 0 radical (unpaired) electrons. The molecule has 4 aromatic heterocycles. The summed E-state index contributed by atoms with van der Waals surface area (Å²) < 4.78 is 12.3. The monoisotopic (exact) mass is 506 g/mol. The zero-order valence-corrected chi connectivity index (χ0v) is 20.5. The second kappa shape index (κ2) is 9.54. The summed E-state index contributed by atoms with van der Waals surface area (Å²) in [6.07, 6.45) is 5.14. The Morgan fingerprint density at radius 1 is 1.03 bits per heavy atom. The average Bonchev–Trinajstić information content (AvgIpc) is 3.62. The summed E-state index contributed by atoms with van der Waals surface area (Å²) in [6, 6.07) is 18.3. The number of hydrogen-bond acceptors (Lipinski definition) is 8. The van der Waals surface area contributed by atoms with Gasteiger partial charge in [0.05, 0.1) is 37.3 Å². The van der Waals surface area contributed by atoms with Crippen molar-refractivity contribution >= 4 is 39.6 Å². The maximum atomic E-state index is 13.1. The van der Waals surface area contributed by atoms with Crippen molar-refractivity contribution in [3.8, 4) is 22.9 Å². The molecule has 6 aromatic rings. The van der Waals surface area contributed by atoms with Crippen LogP contribution in [0.25, 0.3) is 27.8 Å². The molecular weight excluding hydrogens is 484 g/mol. The number of carbonyl (C=O) groups is 1. The molecule has 0 unspecified atom stereocenters. The van der Waals surface area contributed by atoms with E-state index in [0.717, 1.165) is 16.5 Å². The Kier molecular flexibility index (Phi) is 5.77. The third-order valence-electron chi connectivity index (χ3n) is 5.98. The van der Waals surface area contributed by atoms with E-state index >= 15 is 0 Å². The van der Waals surface area contributed by atoms with Crippen molar-refractivity contribution < 1.29 is 14.3 Å². The van der Waals surface area contributed by atoms with Crippen LogP contribution in [0, 0.1) is 0 Å². The number of nitrogens with one attached hydrogen (secondary N) is 3. The van der Waals surface area contributed by atoms with E-state index < -0.39 is 0 Å². The summed E-state index contributed by atoms with van der Waals surface area (Å²) in [6.45, 7) is 0. The summed E-state index contributed by atoms with van der Waals surface area (Å²) in [7, 11) is 3.09. The number of ether oxygens (including phenoxy) is 2. The first kappa shape index (κ1) is 23.0. The molecule has 0 bridgehead atoms. The van der Waals surface area contributed by atoms with Gasteiger partial charge in [0.25, 0.3) is 11.8 Å². The van der Waals surface area contributed by atoms with Crippen molar-refractivity contribution in [2.24, 2.45) is 0 Å². The normalized spacial score (nSPS) is 11.0. The molecule has 11 heteroatoms. The number of aromatic nitrogens is 6. The molecule has 0 fully saturated rings. The molecule has 0 atom stereocenters. The van der Waals surface area contributed by atoms with Crippen LogP contribution >= 0.6 is 0 Å². The molecule has 4 heterocycles. The Morgan fingerprint density at radius 3 is 2.82 bits per heavy atom. The molecule has 6 rings (SSSR count). The number of aromatic amines is 1. The van der Waals surface area contributed by atoms with Crippen molar-refractivity contribution in [2.45, 2.75) is 0 Å². The van der Waals surface area contributed by atoms with Crippen LogP contribution in [0.2, 0.25) is 0 Å². The van der Waals surface area contributed by atoms with Gasteiger partial charge < -0.3 is 20.1 Å². The standard InChI is InChI=1S/C27H22N8O3/c1-37-23-8-9-24(32-27(23)38-2)31-22-14-21(34-35-11-10-28-25(22)35)16-4-3-5-17(12-16)26(36)30-19-6-7-20-18(13-19)15-29-33-20/h3-15H,1-2H3,(H,29,33)(H,30,36)(H,31,32). The fourth-order valence-electron chi connectivity index (χ4n) is 4.13. The summed E-state index contributed by atoms with van der Waals surface area (Å²) in [5.41, 5.74) is 4.80. The van der Waals surface area contributed by atoms with Gasteiger partial charge in [0, 0.05) is 34.6 Å². The molecule has 0 aliphatic carbocycles. The number of imidazole rings is 1. The average molecular weight is 507 g/mol. The predicted molar refractivity (Wildman–Crippen MR) is 143 cm³/mol. The minimum Gasteiger partial charge on any atom is -0.491 e. The van der Waals surface area contributed by atoms with Gasteiger partial charge in [0.1, 0.15) is 5.82 Å². The van der Waals surface area contributed by atoms with Gasteiger partial charge in [-0.05, 0) is 48.5 Å². The third-order valence-corrected chi connectivity index (χ3v) is 5.98. The van der Waals surface area contributed by atoms with Crippen molar-refractivity contribution in [3.63, 3.8) is 0 Å². The first-order chi connectivity index (χ1) is 18.6. The maximum Gasteiger partial charge on any atom is 0.258 e. The van der Waals surface area contributed by atoms with Gasteiger partial charge >= 0.3 is 0 Å². The van der Waals surface area contributed by atoms with Crippen molar-refractivity contribution in [1.29, 1.82) is 0 Å². The Hall–Kier alpha value is -5.45. The number of carbonyl (C=O) groups excluding carboxylic acids is 1. The van der Waals surface area contributed by atoms with Crippen molar-refractivity contribution in [3.05, 3.63) is 84.8 Å². The molecular formula is C27H22N8O3. The van der Waals surface area contributed by atoms with E-state index in [1.807, 2.05) is 36.4 Å². The summed E-state index contributed by atoms with van der Waals surface area (Å²) in [4.78, 5) is 21.9. The smallest absolute Gasteiger partial charge is 0.258 e. The van der Waals surface area contributed by atoms with E-state index in [9.17, 15) is 4.79 Å². The van der Waals surface area contributed by atoms with E-state index in [2.05, 4.69) is 35.9 Å². The van der Waals surface area contributed by atoms with Crippen LogP contribution in [0.5, 0.6) is 11.6 Å². The van der Waals surface area contributed by atoms with Crippen LogP contribution in [-0.2, 0) is 0 Å². The minimum absolute atomic E-state index is 0.230. The first-order valence-corrected chi connectivity index (χ1v) is 11.7. The highest BCUT2D eigenvalue weighted by molar-refractivity contribution is 6.05. The Bertz CT molecular complexity index is 1790. The van der Waals surface area contributed by atoms with Gasteiger partial charge in [-0.3, -0.25) is 9.89 Å². The highest BCUT2D eigenvalue weighted by Crippen LogP contribution is 2.30. The zero-order chi connectivity index (χ0) is 26.1. The molecule has 11 nitrogen and oxygen atoms in total. The number of pyridine rings is 1. The lowest BCUT2D eigenvalue weighted by Crippen LogP contribution is -2.12. The number of nitrogens with zero attached hydrogens (tertiary/aromatic N) is 5. The molecule has 0 saturated carbocycles. The van der Waals surface area contributed by atoms with E-state index in [1.54, 1.807) is 54.5 Å². The number of H-pyrrole nitrogens is 1. The predicted octanol–water partition coefficient (Wildman–Crippen LogP) is 4.68. The molecule has 3 N–H and O–H groups in total. The van der Waals surface area contributed by atoms with Gasteiger partial charge in [-0.2, -0.15) is 15.2 Å². The lowest BCUT2D eigenvalue weighted by atomic mass is 10.1. The second-order valence-electron chi connectivity index (χ2n) is 8.38. The highest BCUT2D eigenvalue weighted by atomic mass is 16.5. The van der Waals surface area contributed by atoms with Gasteiger partial charge in [-0.15, -0.1) is 0 Å². The van der Waals surface area contributed by atoms with Gasteiger partial charge in [-0.25, -0.2) is 9.50 Å². The topological polar surface area (TPSA) is 131 Å². The van der Waals surface area contributed by atoms with Gasteiger partial charge in [-0.1, -0.05) is 12.1 Å². The lowest BCUT2D eigenvalue weighted by molar-refractivity contribution is 0.102. The number of benzene rings is 2. The Morgan fingerprint density at radius 2 is 1.95 bits per heavy atom. The molecule has 0 saturated heterocycles.